The molecule has 0 aliphatic rings. The smallest absolute Gasteiger partial charge is 0.330 e. The second-order valence-electron chi connectivity index (χ2n) is 3.20. The van der Waals surface area contributed by atoms with E-state index in [0.717, 1.165) is 0 Å². The largest absolute Gasteiger partial charge is 0.478 e. The van der Waals surface area contributed by atoms with Gasteiger partial charge in [-0.1, -0.05) is 26.3 Å². The van der Waals surface area contributed by atoms with Crippen molar-refractivity contribution in [2.24, 2.45) is 0 Å². The van der Waals surface area contributed by atoms with E-state index < -0.39 is 5.97 Å². The lowest BCUT2D eigenvalue weighted by Crippen LogP contribution is -2.27. The Balaban J connectivity index is -0.000000193. The molecule has 17 heavy (non-hydrogen) atoms. The van der Waals surface area contributed by atoms with Crippen molar-refractivity contribution in [2.45, 2.75) is 26.8 Å². The zero-order valence-electron chi connectivity index (χ0n) is 10.7. The Kier molecular flexibility index (Phi) is 16.7. The number of hydrogen-bond donors (Lipinski definition) is 2. The van der Waals surface area contributed by atoms with Crippen LogP contribution in [-0.4, -0.2) is 23.0 Å². The van der Waals surface area contributed by atoms with Gasteiger partial charge in [0.25, 0.3) is 0 Å². The van der Waals surface area contributed by atoms with Gasteiger partial charge in [-0.15, -0.1) is 5.73 Å². The first-order valence-electron chi connectivity index (χ1n) is 4.83. The molecule has 0 saturated carbocycles. The van der Waals surface area contributed by atoms with Crippen LogP contribution in [0.5, 0.6) is 0 Å². The molecule has 96 valence electrons. The molecule has 0 fully saturated rings. The van der Waals surface area contributed by atoms with Gasteiger partial charge in [-0.25, -0.2) is 4.79 Å². The van der Waals surface area contributed by atoms with E-state index in [9.17, 15) is 9.59 Å². The SMILES string of the molecule is C=C(C)C(=O)O.C=C=C.C=CC(=O)NC(C)C. The summed E-state index contributed by atoms with van der Waals surface area (Å²) in [6.07, 6.45) is 1.26. The molecular formula is C13H21NO3. The summed E-state index contributed by atoms with van der Waals surface area (Å²) >= 11 is 0. The van der Waals surface area contributed by atoms with Gasteiger partial charge in [0, 0.05) is 11.6 Å². The highest BCUT2D eigenvalue weighted by Gasteiger charge is 1.93. The van der Waals surface area contributed by atoms with Gasteiger partial charge in [0.2, 0.25) is 5.91 Å². The quantitative estimate of drug-likeness (QED) is 0.586. The number of carbonyl (C=O) groups is 2. The fourth-order valence-corrected chi connectivity index (χ4v) is 0.343. The summed E-state index contributed by atoms with van der Waals surface area (Å²) in [7, 11) is 0. The predicted octanol–water partition coefficient (Wildman–Crippen LogP) is 2.30. The van der Waals surface area contributed by atoms with Crippen LogP contribution >= 0.6 is 0 Å². The Morgan fingerprint density at radius 1 is 1.35 bits per heavy atom. The van der Waals surface area contributed by atoms with Crippen LogP contribution in [0.1, 0.15) is 20.8 Å². The molecule has 1 amide bonds. The molecule has 0 aromatic carbocycles. The van der Waals surface area contributed by atoms with Crippen molar-refractivity contribution >= 4 is 11.9 Å². The first-order chi connectivity index (χ1) is 7.72. The minimum absolute atomic E-state index is 0.111. The van der Waals surface area contributed by atoms with Gasteiger partial charge in [-0.3, -0.25) is 4.79 Å². The standard InChI is InChI=1S/C6H11NO.C4H6O2.C3H4/c1-4-6(8)7-5(2)3;1-3(2)4(5)6;1-3-2/h4-5H,1H2,2-3H3,(H,7,8);1H2,2H3,(H,5,6);1-2H2. The van der Waals surface area contributed by atoms with Gasteiger partial charge in [-0.05, 0) is 26.8 Å². The van der Waals surface area contributed by atoms with E-state index in [-0.39, 0.29) is 17.5 Å². The van der Waals surface area contributed by atoms with E-state index in [1.54, 1.807) is 0 Å². The van der Waals surface area contributed by atoms with E-state index in [1.807, 2.05) is 13.8 Å². The van der Waals surface area contributed by atoms with Crippen LogP contribution in [0.3, 0.4) is 0 Å². The molecule has 2 N–H and O–H groups in total. The minimum atomic E-state index is -0.935. The number of nitrogens with one attached hydrogen (secondary N) is 1. The Morgan fingerprint density at radius 3 is 1.71 bits per heavy atom. The van der Waals surface area contributed by atoms with Crippen molar-refractivity contribution in [3.05, 3.63) is 43.7 Å². The van der Waals surface area contributed by atoms with Crippen molar-refractivity contribution in [3.63, 3.8) is 0 Å². The van der Waals surface area contributed by atoms with E-state index in [0.29, 0.717) is 0 Å². The van der Waals surface area contributed by atoms with Crippen LogP contribution in [-0.2, 0) is 9.59 Å². The molecule has 0 rings (SSSR count). The summed E-state index contributed by atoms with van der Waals surface area (Å²) in [4.78, 5) is 20.0. The number of aliphatic carboxylic acids is 1. The number of carboxylic acid groups (broad SMARTS) is 1. The highest BCUT2D eigenvalue weighted by atomic mass is 16.4. The summed E-state index contributed by atoms with van der Waals surface area (Å²) in [6.45, 7) is 18.0. The van der Waals surface area contributed by atoms with Crippen LogP contribution in [0.4, 0.5) is 0 Å². The highest BCUT2D eigenvalue weighted by Crippen LogP contribution is 1.81. The maximum absolute atomic E-state index is 10.4. The van der Waals surface area contributed by atoms with E-state index in [4.69, 9.17) is 5.11 Å². The summed E-state index contributed by atoms with van der Waals surface area (Å²) in [6, 6.07) is 0.209. The van der Waals surface area contributed by atoms with E-state index in [1.165, 1.54) is 13.0 Å². The molecule has 0 atom stereocenters. The third-order valence-electron chi connectivity index (χ3n) is 0.981. The normalized spacial score (nSPS) is 7.29. The van der Waals surface area contributed by atoms with Crippen LogP contribution in [0.15, 0.2) is 43.7 Å². The second-order valence-corrected chi connectivity index (χ2v) is 3.20. The average molecular weight is 239 g/mol. The Morgan fingerprint density at radius 2 is 1.65 bits per heavy atom. The van der Waals surface area contributed by atoms with Crippen molar-refractivity contribution < 1.29 is 14.7 Å². The molecule has 0 aliphatic heterocycles. The predicted molar refractivity (Wildman–Crippen MR) is 70.7 cm³/mol. The van der Waals surface area contributed by atoms with Crippen LogP contribution in [0.2, 0.25) is 0 Å². The van der Waals surface area contributed by atoms with Crippen molar-refractivity contribution in [1.29, 1.82) is 0 Å². The third-order valence-corrected chi connectivity index (χ3v) is 0.981. The van der Waals surface area contributed by atoms with Crippen LogP contribution in [0.25, 0.3) is 0 Å². The summed E-state index contributed by atoms with van der Waals surface area (Å²) in [5.74, 6) is -1.05. The lowest BCUT2D eigenvalue weighted by molar-refractivity contribution is -0.132. The third kappa shape index (κ3) is 31.5. The lowest BCUT2D eigenvalue weighted by Gasteiger charge is -2.02. The molecule has 0 aromatic rings. The minimum Gasteiger partial charge on any atom is -0.478 e. The molecule has 4 nitrogen and oxygen atoms in total. The maximum Gasteiger partial charge on any atom is 0.330 e. The molecule has 0 radical (unpaired) electrons. The molecule has 0 spiro atoms. The Bertz CT molecular complexity index is 286. The topological polar surface area (TPSA) is 66.4 Å². The van der Waals surface area contributed by atoms with Gasteiger partial charge in [0.15, 0.2) is 0 Å². The van der Waals surface area contributed by atoms with Crippen LogP contribution in [0, 0.1) is 0 Å². The first kappa shape index (κ1) is 20.4. The fraction of sp³-hybridized carbons (Fsp3) is 0.308. The summed E-state index contributed by atoms with van der Waals surface area (Å²) in [5.41, 5.74) is 2.43. The van der Waals surface area contributed by atoms with Gasteiger partial charge in [0.1, 0.15) is 0 Å². The fourth-order valence-electron chi connectivity index (χ4n) is 0.343. The Hall–Kier alpha value is -2.06. The summed E-state index contributed by atoms with van der Waals surface area (Å²) in [5, 5.41) is 10.5. The molecule has 0 bridgehead atoms. The number of carboxylic acids is 1. The molecule has 0 unspecified atom stereocenters. The van der Waals surface area contributed by atoms with E-state index in [2.05, 4.69) is 37.4 Å². The number of amides is 1. The van der Waals surface area contributed by atoms with Gasteiger partial charge in [0.05, 0.1) is 0 Å². The molecule has 0 aliphatic carbocycles. The molecule has 0 heterocycles. The van der Waals surface area contributed by atoms with Gasteiger partial charge < -0.3 is 10.4 Å². The number of carbonyl (C=O) groups excluding carboxylic acids is 1. The zero-order valence-corrected chi connectivity index (χ0v) is 10.7. The second kappa shape index (κ2) is 13.9. The highest BCUT2D eigenvalue weighted by molar-refractivity contribution is 5.87. The molecular weight excluding hydrogens is 218 g/mol. The number of rotatable bonds is 3. The average Bonchev–Trinajstić information content (AvgIpc) is 2.18. The van der Waals surface area contributed by atoms with Crippen molar-refractivity contribution in [2.75, 3.05) is 0 Å². The molecule has 4 heteroatoms. The monoisotopic (exact) mass is 239 g/mol. The lowest BCUT2D eigenvalue weighted by atomic mass is 10.4. The van der Waals surface area contributed by atoms with Crippen molar-refractivity contribution in [1.82, 2.24) is 5.32 Å². The Labute approximate surface area is 103 Å². The first-order valence-corrected chi connectivity index (χ1v) is 4.83. The van der Waals surface area contributed by atoms with E-state index >= 15 is 0 Å². The maximum atomic E-state index is 10.4. The molecule has 0 aromatic heterocycles. The summed E-state index contributed by atoms with van der Waals surface area (Å²) < 4.78 is 0. The zero-order chi connectivity index (χ0) is 14.4. The van der Waals surface area contributed by atoms with Crippen molar-refractivity contribution in [3.8, 4) is 0 Å². The molecule has 0 saturated heterocycles. The number of hydrogen-bond acceptors (Lipinski definition) is 2. The van der Waals surface area contributed by atoms with Crippen LogP contribution < -0.4 is 5.32 Å². The van der Waals surface area contributed by atoms with Gasteiger partial charge in [-0.2, -0.15) is 0 Å². The van der Waals surface area contributed by atoms with Gasteiger partial charge >= 0.3 is 5.97 Å².